The average molecular weight is 238 g/mol. The zero-order valence-electron chi connectivity index (χ0n) is 9.27. The number of rotatable bonds is 3. The molecule has 5 heteroatoms. The largest absolute Gasteiger partial charge is 0.389 e. The third-order valence-corrected chi connectivity index (χ3v) is 2.46. The van der Waals surface area contributed by atoms with Crippen molar-refractivity contribution in [1.29, 1.82) is 0 Å². The highest BCUT2D eigenvalue weighted by Crippen LogP contribution is 2.13. The van der Waals surface area contributed by atoms with Crippen LogP contribution in [0.4, 0.5) is 8.78 Å². The summed E-state index contributed by atoms with van der Waals surface area (Å²) in [4.78, 5) is 0. The zero-order chi connectivity index (χ0) is 12.4. The molecule has 0 saturated carbocycles. The highest BCUT2D eigenvalue weighted by Gasteiger charge is 2.06. The maximum atomic E-state index is 13.0. The molecule has 0 amide bonds. The van der Waals surface area contributed by atoms with E-state index in [2.05, 4.69) is 5.10 Å². The molecule has 2 rings (SSSR count). The van der Waals surface area contributed by atoms with Gasteiger partial charge in [-0.2, -0.15) is 5.10 Å². The Morgan fingerprint density at radius 1 is 1.35 bits per heavy atom. The Morgan fingerprint density at radius 3 is 2.71 bits per heavy atom. The van der Waals surface area contributed by atoms with Gasteiger partial charge in [-0.25, -0.2) is 8.78 Å². The molecular formula is C12H12F2N2O. The number of aromatic nitrogens is 2. The van der Waals surface area contributed by atoms with Crippen LogP contribution in [-0.4, -0.2) is 14.9 Å². The fraction of sp³-hybridized carbons (Fsp3) is 0.250. The van der Waals surface area contributed by atoms with Gasteiger partial charge < -0.3 is 5.11 Å². The molecule has 0 radical (unpaired) electrons. The highest BCUT2D eigenvalue weighted by atomic mass is 19.2. The third-order valence-electron chi connectivity index (χ3n) is 2.46. The summed E-state index contributed by atoms with van der Waals surface area (Å²) in [5.74, 6) is -1.73. The summed E-state index contributed by atoms with van der Waals surface area (Å²) in [6.07, 6.45) is 2.63. The summed E-state index contributed by atoms with van der Waals surface area (Å²) in [6, 6.07) is 3.73. The minimum atomic E-state index is -0.870. The van der Waals surface area contributed by atoms with E-state index in [4.69, 9.17) is 0 Å². The van der Waals surface area contributed by atoms with Crippen LogP contribution >= 0.6 is 0 Å². The Hall–Kier alpha value is -1.75. The summed E-state index contributed by atoms with van der Waals surface area (Å²) in [7, 11) is 0. The van der Waals surface area contributed by atoms with E-state index < -0.39 is 17.7 Å². The monoisotopic (exact) mass is 238 g/mol. The molecule has 0 spiro atoms. The average Bonchev–Trinajstić information content (AvgIpc) is 2.72. The standard InChI is InChI=1S/C12H12F2N2O/c1-8(17)10-5-15-16(7-10)6-9-2-3-11(13)12(14)4-9/h2-5,7-8,17H,6H2,1H3. The van der Waals surface area contributed by atoms with E-state index in [1.165, 1.54) is 6.07 Å². The number of aliphatic hydroxyl groups excluding tert-OH is 1. The number of benzene rings is 1. The van der Waals surface area contributed by atoms with Gasteiger partial charge in [0.05, 0.1) is 18.8 Å². The molecule has 90 valence electrons. The minimum Gasteiger partial charge on any atom is -0.389 e. The van der Waals surface area contributed by atoms with Gasteiger partial charge in [-0.15, -0.1) is 0 Å². The summed E-state index contributed by atoms with van der Waals surface area (Å²) in [6.45, 7) is 1.98. The van der Waals surface area contributed by atoms with Gasteiger partial charge in [0.2, 0.25) is 0 Å². The van der Waals surface area contributed by atoms with Gasteiger partial charge in [0, 0.05) is 11.8 Å². The number of aliphatic hydroxyl groups is 1. The first-order chi connectivity index (χ1) is 8.06. The van der Waals surface area contributed by atoms with Crippen molar-refractivity contribution in [2.24, 2.45) is 0 Å². The molecular weight excluding hydrogens is 226 g/mol. The molecule has 1 aromatic heterocycles. The van der Waals surface area contributed by atoms with Gasteiger partial charge in [-0.1, -0.05) is 6.07 Å². The minimum absolute atomic E-state index is 0.337. The molecule has 1 heterocycles. The molecule has 0 fully saturated rings. The van der Waals surface area contributed by atoms with E-state index in [-0.39, 0.29) is 0 Å². The molecule has 1 N–H and O–H groups in total. The Morgan fingerprint density at radius 2 is 2.12 bits per heavy atom. The van der Waals surface area contributed by atoms with Gasteiger partial charge in [0.15, 0.2) is 11.6 Å². The van der Waals surface area contributed by atoms with Crippen molar-refractivity contribution in [2.45, 2.75) is 19.6 Å². The van der Waals surface area contributed by atoms with E-state index in [9.17, 15) is 13.9 Å². The van der Waals surface area contributed by atoms with Crippen molar-refractivity contribution in [1.82, 2.24) is 9.78 Å². The van der Waals surface area contributed by atoms with E-state index in [1.54, 1.807) is 24.0 Å². The summed E-state index contributed by atoms with van der Waals surface area (Å²) in [5, 5.41) is 13.3. The second kappa shape index (κ2) is 4.63. The lowest BCUT2D eigenvalue weighted by Gasteiger charge is -2.03. The molecule has 0 saturated heterocycles. The van der Waals surface area contributed by atoms with Crippen molar-refractivity contribution in [3.05, 3.63) is 53.4 Å². The molecule has 3 nitrogen and oxygen atoms in total. The first-order valence-corrected chi connectivity index (χ1v) is 5.20. The lowest BCUT2D eigenvalue weighted by atomic mass is 10.2. The van der Waals surface area contributed by atoms with Crippen molar-refractivity contribution in [3.63, 3.8) is 0 Å². The fourth-order valence-corrected chi connectivity index (χ4v) is 1.51. The molecule has 17 heavy (non-hydrogen) atoms. The summed E-state index contributed by atoms with van der Waals surface area (Å²) < 4.78 is 27.3. The van der Waals surface area contributed by atoms with E-state index in [0.29, 0.717) is 17.7 Å². The molecule has 1 unspecified atom stereocenters. The van der Waals surface area contributed by atoms with Crippen LogP contribution in [-0.2, 0) is 6.54 Å². The first-order valence-electron chi connectivity index (χ1n) is 5.20. The maximum absolute atomic E-state index is 13.0. The smallest absolute Gasteiger partial charge is 0.159 e. The molecule has 1 aromatic carbocycles. The van der Waals surface area contributed by atoms with Crippen molar-refractivity contribution >= 4 is 0 Å². The van der Waals surface area contributed by atoms with Gasteiger partial charge in [0.25, 0.3) is 0 Å². The molecule has 0 aliphatic heterocycles. The number of halogens is 2. The number of hydrogen-bond acceptors (Lipinski definition) is 2. The van der Waals surface area contributed by atoms with Crippen molar-refractivity contribution in [3.8, 4) is 0 Å². The molecule has 0 aliphatic carbocycles. The van der Waals surface area contributed by atoms with Crippen LogP contribution < -0.4 is 0 Å². The summed E-state index contributed by atoms with van der Waals surface area (Å²) in [5.41, 5.74) is 1.30. The number of nitrogens with zero attached hydrogens (tertiary/aromatic N) is 2. The lowest BCUT2D eigenvalue weighted by Crippen LogP contribution is -2.01. The quantitative estimate of drug-likeness (QED) is 0.890. The molecule has 2 aromatic rings. The van der Waals surface area contributed by atoms with Crippen molar-refractivity contribution in [2.75, 3.05) is 0 Å². The van der Waals surface area contributed by atoms with Crippen LogP contribution in [0.5, 0.6) is 0 Å². The SMILES string of the molecule is CC(O)c1cnn(Cc2ccc(F)c(F)c2)c1. The lowest BCUT2D eigenvalue weighted by molar-refractivity contribution is 0.199. The maximum Gasteiger partial charge on any atom is 0.159 e. The van der Waals surface area contributed by atoms with Gasteiger partial charge in [0.1, 0.15) is 0 Å². The number of hydrogen-bond donors (Lipinski definition) is 1. The van der Waals surface area contributed by atoms with Crippen LogP contribution in [0.1, 0.15) is 24.2 Å². The molecule has 0 bridgehead atoms. The summed E-state index contributed by atoms with van der Waals surface area (Å²) >= 11 is 0. The normalized spacial score (nSPS) is 12.7. The Labute approximate surface area is 97.3 Å². The van der Waals surface area contributed by atoms with Gasteiger partial charge in [-0.3, -0.25) is 4.68 Å². The van der Waals surface area contributed by atoms with Gasteiger partial charge in [-0.05, 0) is 24.6 Å². The second-order valence-electron chi connectivity index (χ2n) is 3.90. The predicted octanol–water partition coefficient (Wildman–Crippen LogP) is 2.26. The molecule has 0 aliphatic rings. The van der Waals surface area contributed by atoms with Crippen LogP contribution in [0.15, 0.2) is 30.6 Å². The Kier molecular flexibility index (Phi) is 3.19. The highest BCUT2D eigenvalue weighted by molar-refractivity contribution is 5.18. The Balaban J connectivity index is 2.16. The second-order valence-corrected chi connectivity index (χ2v) is 3.90. The van der Waals surface area contributed by atoms with E-state index >= 15 is 0 Å². The predicted molar refractivity (Wildman–Crippen MR) is 58.3 cm³/mol. The van der Waals surface area contributed by atoms with E-state index in [0.717, 1.165) is 12.1 Å². The Bertz CT molecular complexity index is 523. The fourth-order valence-electron chi connectivity index (χ4n) is 1.51. The molecule has 1 atom stereocenters. The first kappa shape index (κ1) is 11.7. The third kappa shape index (κ3) is 2.68. The van der Waals surface area contributed by atoms with Crippen LogP contribution in [0.25, 0.3) is 0 Å². The van der Waals surface area contributed by atoms with Crippen LogP contribution in [0, 0.1) is 11.6 Å². The van der Waals surface area contributed by atoms with Crippen LogP contribution in [0.2, 0.25) is 0 Å². The zero-order valence-corrected chi connectivity index (χ0v) is 9.27. The topological polar surface area (TPSA) is 38.1 Å². The van der Waals surface area contributed by atoms with Crippen molar-refractivity contribution < 1.29 is 13.9 Å². The van der Waals surface area contributed by atoms with Crippen LogP contribution in [0.3, 0.4) is 0 Å². The van der Waals surface area contributed by atoms with E-state index in [1.807, 2.05) is 0 Å². The van der Waals surface area contributed by atoms with Gasteiger partial charge >= 0.3 is 0 Å².